The SMILES string of the molecule is CCC(O)C(Cn1c(=O)n(C(C)c2c[nH]c3cccc(C)c23)c2ccccc21)C(=O)O. The number of hydrogen-bond acceptors (Lipinski definition) is 3. The lowest BCUT2D eigenvalue weighted by Crippen LogP contribution is -2.36. The zero-order valence-corrected chi connectivity index (χ0v) is 17.9. The molecule has 0 fully saturated rings. The number of hydrogen-bond donors (Lipinski definition) is 3. The van der Waals surface area contributed by atoms with E-state index in [1.807, 2.05) is 62.5 Å². The molecule has 31 heavy (non-hydrogen) atoms. The van der Waals surface area contributed by atoms with E-state index < -0.39 is 18.0 Å². The Kier molecular flexibility index (Phi) is 5.45. The van der Waals surface area contributed by atoms with E-state index in [-0.39, 0.29) is 18.3 Å². The van der Waals surface area contributed by atoms with Gasteiger partial charge in [0.15, 0.2) is 0 Å². The molecule has 0 spiro atoms. The van der Waals surface area contributed by atoms with Gasteiger partial charge in [-0.2, -0.15) is 0 Å². The molecular formula is C24H27N3O4. The van der Waals surface area contributed by atoms with Gasteiger partial charge in [0.25, 0.3) is 0 Å². The molecule has 0 aliphatic rings. The third kappa shape index (κ3) is 3.45. The molecule has 2 aromatic heterocycles. The minimum atomic E-state index is -1.11. The number of benzene rings is 2. The first-order valence-electron chi connectivity index (χ1n) is 10.5. The second-order valence-corrected chi connectivity index (χ2v) is 8.09. The van der Waals surface area contributed by atoms with Crippen LogP contribution in [0.2, 0.25) is 0 Å². The van der Waals surface area contributed by atoms with Crippen molar-refractivity contribution in [2.24, 2.45) is 5.92 Å². The minimum absolute atomic E-state index is 0.0870. The molecule has 162 valence electrons. The Morgan fingerprint density at radius 2 is 1.84 bits per heavy atom. The van der Waals surface area contributed by atoms with E-state index in [4.69, 9.17) is 0 Å². The van der Waals surface area contributed by atoms with E-state index in [2.05, 4.69) is 4.98 Å². The predicted molar refractivity (Wildman–Crippen MR) is 120 cm³/mol. The Bertz CT molecular complexity index is 1310. The predicted octanol–water partition coefficient (Wildman–Crippen LogP) is 3.67. The number of carboxylic acid groups (broad SMARTS) is 1. The first-order chi connectivity index (χ1) is 14.8. The summed E-state index contributed by atoms with van der Waals surface area (Å²) in [5.41, 5.74) is 4.24. The highest BCUT2D eigenvalue weighted by molar-refractivity contribution is 5.87. The Morgan fingerprint density at radius 1 is 1.13 bits per heavy atom. The molecule has 2 aromatic carbocycles. The largest absolute Gasteiger partial charge is 0.481 e. The number of imidazole rings is 1. The number of para-hydroxylation sites is 2. The summed E-state index contributed by atoms with van der Waals surface area (Å²) >= 11 is 0. The molecule has 4 rings (SSSR count). The first kappa shape index (κ1) is 20.9. The highest BCUT2D eigenvalue weighted by Crippen LogP contribution is 2.30. The summed E-state index contributed by atoms with van der Waals surface area (Å²) in [7, 11) is 0. The van der Waals surface area contributed by atoms with Crippen molar-refractivity contribution < 1.29 is 15.0 Å². The third-order valence-corrected chi connectivity index (χ3v) is 6.23. The van der Waals surface area contributed by atoms with Crippen LogP contribution >= 0.6 is 0 Å². The lowest BCUT2D eigenvalue weighted by molar-refractivity contribution is -0.146. The van der Waals surface area contributed by atoms with E-state index in [0.29, 0.717) is 11.9 Å². The highest BCUT2D eigenvalue weighted by Gasteiger charge is 2.29. The Balaban J connectivity index is 1.89. The number of nitrogens with one attached hydrogen (secondary N) is 1. The van der Waals surface area contributed by atoms with Crippen LogP contribution in [0.15, 0.2) is 53.5 Å². The van der Waals surface area contributed by atoms with Crippen LogP contribution in [-0.4, -0.2) is 36.4 Å². The fraction of sp³-hybridized carbons (Fsp3) is 0.333. The maximum absolute atomic E-state index is 13.6. The van der Waals surface area contributed by atoms with E-state index >= 15 is 0 Å². The zero-order valence-electron chi connectivity index (χ0n) is 17.9. The van der Waals surface area contributed by atoms with Crippen LogP contribution in [0.25, 0.3) is 21.9 Å². The van der Waals surface area contributed by atoms with Gasteiger partial charge in [-0.3, -0.25) is 13.9 Å². The topological polar surface area (TPSA) is 100 Å². The summed E-state index contributed by atoms with van der Waals surface area (Å²) in [4.78, 5) is 28.6. The van der Waals surface area contributed by atoms with Crippen LogP contribution in [0, 0.1) is 12.8 Å². The van der Waals surface area contributed by atoms with Crippen LogP contribution in [0.3, 0.4) is 0 Å². The van der Waals surface area contributed by atoms with E-state index in [1.165, 1.54) is 4.57 Å². The van der Waals surface area contributed by atoms with Crippen LogP contribution in [0.1, 0.15) is 37.4 Å². The van der Waals surface area contributed by atoms with Crippen molar-refractivity contribution in [3.05, 3.63) is 70.3 Å². The molecule has 3 atom stereocenters. The Hall–Kier alpha value is -3.32. The number of carbonyl (C=O) groups is 1. The van der Waals surface area contributed by atoms with Crippen LogP contribution in [0.4, 0.5) is 0 Å². The van der Waals surface area contributed by atoms with Gasteiger partial charge in [-0.25, -0.2) is 4.79 Å². The van der Waals surface area contributed by atoms with Crippen molar-refractivity contribution in [1.29, 1.82) is 0 Å². The quantitative estimate of drug-likeness (QED) is 0.424. The number of nitrogens with zero attached hydrogens (tertiary/aromatic N) is 2. The summed E-state index contributed by atoms with van der Waals surface area (Å²) in [6.45, 7) is 5.66. The standard InChI is InChI=1S/C24H27N3O4/c1-4-21(28)17(23(29)30)13-26-19-10-5-6-11-20(19)27(24(26)31)15(3)16-12-25-18-9-7-8-14(2)22(16)18/h5-12,15,17,21,25,28H,4,13H2,1-3H3,(H,29,30). The van der Waals surface area contributed by atoms with Crippen molar-refractivity contribution in [3.8, 4) is 0 Å². The number of fused-ring (bicyclic) bond motifs is 2. The van der Waals surface area contributed by atoms with E-state index in [9.17, 15) is 19.8 Å². The summed E-state index contributed by atoms with van der Waals surface area (Å²) < 4.78 is 3.19. The van der Waals surface area contributed by atoms with Crippen molar-refractivity contribution in [2.75, 3.05) is 0 Å². The highest BCUT2D eigenvalue weighted by atomic mass is 16.4. The monoisotopic (exact) mass is 421 g/mol. The molecule has 0 aliphatic heterocycles. The number of aliphatic hydroxyl groups excluding tert-OH is 1. The molecule has 0 radical (unpaired) electrons. The second-order valence-electron chi connectivity index (χ2n) is 8.09. The lowest BCUT2D eigenvalue weighted by Gasteiger charge is -2.18. The van der Waals surface area contributed by atoms with Gasteiger partial charge in [0, 0.05) is 29.2 Å². The molecular weight excluding hydrogens is 394 g/mol. The van der Waals surface area contributed by atoms with Gasteiger partial charge in [-0.15, -0.1) is 0 Å². The minimum Gasteiger partial charge on any atom is -0.481 e. The summed E-state index contributed by atoms with van der Waals surface area (Å²) in [6, 6.07) is 13.2. The van der Waals surface area contributed by atoms with Crippen molar-refractivity contribution in [3.63, 3.8) is 0 Å². The Morgan fingerprint density at radius 3 is 2.52 bits per heavy atom. The van der Waals surface area contributed by atoms with Crippen molar-refractivity contribution in [2.45, 2.75) is 45.9 Å². The molecule has 0 aliphatic carbocycles. The second kappa shape index (κ2) is 8.07. The molecule has 0 saturated heterocycles. The number of aryl methyl sites for hydroxylation is 1. The van der Waals surface area contributed by atoms with Gasteiger partial charge in [0.1, 0.15) is 5.92 Å². The van der Waals surface area contributed by atoms with Crippen molar-refractivity contribution in [1.82, 2.24) is 14.1 Å². The van der Waals surface area contributed by atoms with Crippen LogP contribution in [0.5, 0.6) is 0 Å². The number of carboxylic acids is 1. The smallest absolute Gasteiger partial charge is 0.329 e. The molecule has 7 nitrogen and oxygen atoms in total. The molecule has 0 saturated carbocycles. The normalized spacial score (nSPS) is 14.7. The van der Waals surface area contributed by atoms with Gasteiger partial charge < -0.3 is 15.2 Å². The fourth-order valence-electron chi connectivity index (χ4n) is 4.50. The van der Waals surface area contributed by atoms with Gasteiger partial charge in [-0.05, 0) is 44.0 Å². The molecule has 2 heterocycles. The number of aliphatic carboxylic acids is 1. The average molecular weight is 421 g/mol. The van der Waals surface area contributed by atoms with E-state index in [0.717, 1.165) is 27.5 Å². The van der Waals surface area contributed by atoms with Gasteiger partial charge in [0.05, 0.1) is 23.2 Å². The maximum Gasteiger partial charge on any atom is 0.329 e. The number of rotatable bonds is 7. The summed E-state index contributed by atoms with van der Waals surface area (Å²) in [6.07, 6.45) is 1.21. The fourth-order valence-corrected chi connectivity index (χ4v) is 4.50. The van der Waals surface area contributed by atoms with E-state index in [1.54, 1.807) is 11.5 Å². The van der Waals surface area contributed by atoms with Gasteiger partial charge >= 0.3 is 11.7 Å². The number of aromatic amines is 1. The number of aliphatic hydroxyl groups is 1. The maximum atomic E-state index is 13.6. The van der Waals surface area contributed by atoms with Gasteiger partial charge in [0.2, 0.25) is 0 Å². The van der Waals surface area contributed by atoms with Crippen molar-refractivity contribution >= 4 is 27.9 Å². The van der Waals surface area contributed by atoms with Crippen LogP contribution in [-0.2, 0) is 11.3 Å². The third-order valence-electron chi connectivity index (χ3n) is 6.23. The molecule has 3 N–H and O–H groups in total. The molecule has 0 amide bonds. The number of H-pyrrole nitrogens is 1. The Labute approximate surface area is 179 Å². The molecule has 4 aromatic rings. The zero-order chi connectivity index (χ0) is 22.3. The number of aromatic nitrogens is 3. The summed E-state index contributed by atoms with van der Waals surface area (Å²) in [5.74, 6) is -2.18. The van der Waals surface area contributed by atoms with Crippen LogP contribution < -0.4 is 5.69 Å². The first-order valence-corrected chi connectivity index (χ1v) is 10.5. The molecule has 3 unspecified atom stereocenters. The van der Waals surface area contributed by atoms with Gasteiger partial charge in [-0.1, -0.05) is 31.2 Å². The molecule has 7 heteroatoms. The lowest BCUT2D eigenvalue weighted by atomic mass is 10.0. The molecule has 0 bridgehead atoms. The summed E-state index contributed by atoms with van der Waals surface area (Å²) in [5, 5.41) is 20.9. The average Bonchev–Trinajstić information content (AvgIpc) is 3.31.